The summed E-state index contributed by atoms with van der Waals surface area (Å²) in [5.41, 5.74) is 2.48. The van der Waals surface area contributed by atoms with Crippen molar-refractivity contribution in [3.63, 3.8) is 0 Å². The van der Waals surface area contributed by atoms with Gasteiger partial charge in [0.2, 0.25) is 0 Å². The maximum absolute atomic E-state index is 11.0. The van der Waals surface area contributed by atoms with Gasteiger partial charge in [-0.25, -0.2) is 9.78 Å². The van der Waals surface area contributed by atoms with Crippen molar-refractivity contribution in [2.24, 2.45) is 5.16 Å². The second-order valence-corrected chi connectivity index (χ2v) is 4.93. The van der Waals surface area contributed by atoms with Crippen molar-refractivity contribution < 1.29 is 14.4 Å². The highest BCUT2D eigenvalue weighted by Gasteiger charge is 2.06. The molecular weight excluding hydrogens is 290 g/mol. The van der Waals surface area contributed by atoms with E-state index >= 15 is 0 Å². The molecule has 0 aliphatic rings. The van der Waals surface area contributed by atoms with Gasteiger partial charge >= 0.3 is 6.09 Å². The summed E-state index contributed by atoms with van der Waals surface area (Å²) in [6.45, 7) is 2.12. The third-order valence-electron chi connectivity index (χ3n) is 2.55. The van der Waals surface area contributed by atoms with Gasteiger partial charge in [-0.2, -0.15) is 0 Å². The van der Waals surface area contributed by atoms with E-state index in [0.717, 1.165) is 11.3 Å². The molecule has 0 unspecified atom stereocenters. The van der Waals surface area contributed by atoms with Crippen molar-refractivity contribution in [2.75, 3.05) is 12.4 Å². The molecule has 6 nitrogen and oxygen atoms in total. The van der Waals surface area contributed by atoms with Crippen LogP contribution in [0, 0.1) is 0 Å². The van der Waals surface area contributed by atoms with Crippen LogP contribution in [-0.2, 0) is 16.2 Å². The summed E-state index contributed by atoms with van der Waals surface area (Å²) >= 11 is 1.30. The standard InChI is InChI=1S/C14H15N3O3S/c1-10(11-6-4-3-5-7-11)17-20-8-12-9-21-13(15-12)16-14(18)19-2/h3-7,9H,8H2,1-2H3,(H,15,16,18)/b17-10+. The smallest absolute Gasteiger partial charge is 0.413 e. The average Bonchev–Trinajstić information content (AvgIpc) is 2.95. The highest BCUT2D eigenvalue weighted by Crippen LogP contribution is 2.16. The number of thiazole rings is 1. The number of carbonyl (C=O) groups is 1. The van der Waals surface area contributed by atoms with Crippen LogP contribution in [0.2, 0.25) is 0 Å². The molecule has 0 saturated carbocycles. The third kappa shape index (κ3) is 4.57. The quantitative estimate of drug-likeness (QED) is 0.679. The molecule has 1 aromatic heterocycles. The number of oxime groups is 1. The van der Waals surface area contributed by atoms with Crippen LogP contribution in [0.5, 0.6) is 0 Å². The highest BCUT2D eigenvalue weighted by atomic mass is 32.1. The van der Waals surface area contributed by atoms with E-state index in [0.29, 0.717) is 10.8 Å². The third-order valence-corrected chi connectivity index (χ3v) is 3.36. The lowest BCUT2D eigenvalue weighted by atomic mass is 10.1. The number of amides is 1. The molecule has 2 aromatic rings. The van der Waals surface area contributed by atoms with Gasteiger partial charge in [0.25, 0.3) is 0 Å². The van der Waals surface area contributed by atoms with E-state index in [2.05, 4.69) is 20.2 Å². The van der Waals surface area contributed by atoms with E-state index in [1.54, 1.807) is 5.38 Å². The van der Waals surface area contributed by atoms with Crippen molar-refractivity contribution in [1.82, 2.24) is 4.98 Å². The number of aromatic nitrogens is 1. The molecule has 1 amide bonds. The maximum Gasteiger partial charge on any atom is 0.413 e. The molecule has 1 heterocycles. The van der Waals surface area contributed by atoms with E-state index in [1.807, 2.05) is 37.3 Å². The highest BCUT2D eigenvalue weighted by molar-refractivity contribution is 7.13. The number of methoxy groups -OCH3 is 1. The normalized spacial score (nSPS) is 11.0. The van der Waals surface area contributed by atoms with Crippen molar-refractivity contribution >= 4 is 28.3 Å². The molecule has 0 atom stereocenters. The summed E-state index contributed by atoms with van der Waals surface area (Å²) in [6.07, 6.45) is -0.547. The summed E-state index contributed by atoms with van der Waals surface area (Å²) in [5, 5.41) is 8.79. The molecule has 110 valence electrons. The second-order valence-electron chi connectivity index (χ2n) is 4.08. The number of ether oxygens (including phenoxy) is 1. The summed E-state index contributed by atoms with van der Waals surface area (Å²) < 4.78 is 4.49. The number of nitrogens with one attached hydrogen (secondary N) is 1. The molecule has 1 N–H and O–H groups in total. The summed E-state index contributed by atoms with van der Waals surface area (Å²) in [5.74, 6) is 0. The molecule has 2 rings (SSSR count). The molecule has 0 saturated heterocycles. The van der Waals surface area contributed by atoms with Gasteiger partial charge in [0, 0.05) is 5.38 Å². The van der Waals surface area contributed by atoms with Gasteiger partial charge in [0.05, 0.1) is 18.5 Å². The Morgan fingerprint density at radius 2 is 2.14 bits per heavy atom. The lowest BCUT2D eigenvalue weighted by Crippen LogP contribution is -2.10. The lowest BCUT2D eigenvalue weighted by molar-refractivity contribution is 0.128. The Labute approximate surface area is 126 Å². The predicted molar refractivity (Wildman–Crippen MR) is 81.6 cm³/mol. The van der Waals surface area contributed by atoms with Crippen molar-refractivity contribution in [1.29, 1.82) is 0 Å². The minimum absolute atomic E-state index is 0.240. The molecule has 0 aliphatic heterocycles. The molecule has 1 aromatic carbocycles. The van der Waals surface area contributed by atoms with Gasteiger partial charge < -0.3 is 9.57 Å². The van der Waals surface area contributed by atoms with Gasteiger partial charge in [-0.1, -0.05) is 35.5 Å². The average molecular weight is 305 g/mol. The molecule has 0 spiro atoms. The number of anilines is 1. The number of carbonyl (C=O) groups excluding carboxylic acids is 1. The SMILES string of the molecule is COC(=O)Nc1nc(CO/N=C(\C)c2ccccc2)cs1. The van der Waals surface area contributed by atoms with E-state index in [9.17, 15) is 4.79 Å². The molecule has 0 aliphatic carbocycles. The van der Waals surface area contributed by atoms with E-state index in [4.69, 9.17) is 4.84 Å². The van der Waals surface area contributed by atoms with E-state index in [-0.39, 0.29) is 6.61 Å². The Morgan fingerprint density at radius 3 is 2.86 bits per heavy atom. The number of hydrogen-bond donors (Lipinski definition) is 1. The number of rotatable bonds is 5. The zero-order valence-corrected chi connectivity index (χ0v) is 12.5. The summed E-state index contributed by atoms with van der Waals surface area (Å²) in [7, 11) is 1.30. The number of nitrogens with zero attached hydrogens (tertiary/aromatic N) is 2. The Bertz CT molecular complexity index is 625. The zero-order valence-electron chi connectivity index (χ0n) is 11.7. The van der Waals surface area contributed by atoms with Crippen LogP contribution >= 0.6 is 11.3 Å². The van der Waals surface area contributed by atoms with Crippen molar-refractivity contribution in [3.05, 3.63) is 47.0 Å². The van der Waals surface area contributed by atoms with Crippen LogP contribution in [-0.4, -0.2) is 23.9 Å². The Kier molecular flexibility index (Phi) is 5.28. The monoisotopic (exact) mass is 305 g/mol. The Hall–Kier alpha value is -2.41. The molecule has 0 fully saturated rings. The van der Waals surface area contributed by atoms with Gasteiger partial charge in [-0.3, -0.25) is 5.32 Å². The first-order valence-corrected chi connectivity index (χ1v) is 7.08. The van der Waals surface area contributed by atoms with Crippen LogP contribution in [0.1, 0.15) is 18.2 Å². The fourth-order valence-electron chi connectivity index (χ4n) is 1.50. The van der Waals surface area contributed by atoms with Gasteiger partial charge in [-0.15, -0.1) is 11.3 Å². The number of hydrogen-bond acceptors (Lipinski definition) is 6. The van der Waals surface area contributed by atoms with Gasteiger partial charge in [0.15, 0.2) is 11.7 Å². The number of benzene rings is 1. The zero-order chi connectivity index (χ0) is 15.1. The minimum atomic E-state index is -0.547. The van der Waals surface area contributed by atoms with Crippen LogP contribution in [0.15, 0.2) is 40.9 Å². The molecule has 0 bridgehead atoms. The second kappa shape index (κ2) is 7.39. The fourth-order valence-corrected chi connectivity index (χ4v) is 2.18. The van der Waals surface area contributed by atoms with E-state index in [1.165, 1.54) is 18.4 Å². The van der Waals surface area contributed by atoms with E-state index < -0.39 is 6.09 Å². The lowest BCUT2D eigenvalue weighted by Gasteiger charge is -2.01. The van der Waals surface area contributed by atoms with Crippen LogP contribution in [0.25, 0.3) is 0 Å². The predicted octanol–water partition coefficient (Wildman–Crippen LogP) is 3.26. The first-order valence-electron chi connectivity index (χ1n) is 6.20. The first kappa shape index (κ1) is 15.0. The van der Waals surface area contributed by atoms with Crippen molar-refractivity contribution in [3.8, 4) is 0 Å². The maximum atomic E-state index is 11.0. The van der Waals surface area contributed by atoms with Crippen molar-refractivity contribution in [2.45, 2.75) is 13.5 Å². The molecular formula is C14H15N3O3S. The molecule has 7 heteroatoms. The summed E-state index contributed by atoms with van der Waals surface area (Å²) in [6, 6.07) is 9.76. The van der Waals surface area contributed by atoms with Gasteiger partial charge in [0.1, 0.15) is 0 Å². The largest absolute Gasteiger partial charge is 0.453 e. The van der Waals surface area contributed by atoms with Gasteiger partial charge in [-0.05, 0) is 12.5 Å². The summed E-state index contributed by atoms with van der Waals surface area (Å²) in [4.78, 5) is 20.5. The van der Waals surface area contributed by atoms with Crippen LogP contribution in [0.4, 0.5) is 9.93 Å². The fraction of sp³-hybridized carbons (Fsp3) is 0.214. The Balaban J connectivity index is 1.87. The topological polar surface area (TPSA) is 72.8 Å². The van der Waals surface area contributed by atoms with Crippen LogP contribution < -0.4 is 5.32 Å². The van der Waals surface area contributed by atoms with Crippen LogP contribution in [0.3, 0.4) is 0 Å². The Morgan fingerprint density at radius 1 is 1.38 bits per heavy atom. The molecule has 0 radical (unpaired) electrons. The minimum Gasteiger partial charge on any atom is -0.453 e. The molecule has 21 heavy (non-hydrogen) atoms. The first-order chi connectivity index (χ1) is 10.2.